The van der Waals surface area contributed by atoms with E-state index in [1.807, 2.05) is 18.2 Å². The van der Waals surface area contributed by atoms with Crippen LogP contribution in [0.15, 0.2) is 18.2 Å². The summed E-state index contributed by atoms with van der Waals surface area (Å²) in [5, 5.41) is 3.04. The van der Waals surface area contributed by atoms with Gasteiger partial charge in [0.2, 0.25) is 0 Å². The Morgan fingerprint density at radius 3 is 2.52 bits per heavy atom. The molecule has 0 bridgehead atoms. The minimum Gasteiger partial charge on any atom is -0.497 e. The molecule has 2 heterocycles. The van der Waals surface area contributed by atoms with Gasteiger partial charge in [0.25, 0.3) is 5.91 Å². The molecule has 1 aliphatic carbocycles. The molecule has 0 aromatic heterocycles. The monoisotopic (exact) mass is 401 g/mol. The fourth-order valence-electron chi connectivity index (χ4n) is 5.10. The quantitative estimate of drug-likeness (QED) is 0.766. The zero-order chi connectivity index (χ0) is 20.4. The fourth-order valence-corrected chi connectivity index (χ4v) is 5.10. The summed E-state index contributed by atoms with van der Waals surface area (Å²) in [5.74, 6) is 1.54. The van der Waals surface area contributed by atoms with Crippen LogP contribution in [0, 0.1) is 0 Å². The fraction of sp³-hybridized carbons (Fsp3) is 0.636. The Bertz CT molecular complexity index is 773. The average molecular weight is 402 g/mol. The maximum atomic E-state index is 13.3. The number of benzene rings is 1. The van der Waals surface area contributed by atoms with Crippen LogP contribution in [0.5, 0.6) is 11.5 Å². The molecule has 0 radical (unpaired) electrons. The van der Waals surface area contributed by atoms with Crippen molar-refractivity contribution in [2.24, 2.45) is 0 Å². The molecule has 1 unspecified atom stereocenters. The predicted octanol–water partition coefficient (Wildman–Crippen LogP) is 3.44. The molecule has 7 heteroatoms. The lowest BCUT2D eigenvalue weighted by Gasteiger charge is -2.30. The summed E-state index contributed by atoms with van der Waals surface area (Å²) in [5.41, 5.74) is 0.358. The number of hydrogen-bond acceptors (Lipinski definition) is 5. The molecule has 3 fully saturated rings. The number of likely N-dealkylation sites (tertiary alicyclic amines) is 1. The summed E-state index contributed by atoms with van der Waals surface area (Å²) in [6, 6.07) is 5.64. The second kappa shape index (κ2) is 8.22. The molecule has 1 aromatic rings. The minimum absolute atomic E-state index is 0.0485. The normalized spacial score (nSPS) is 24.6. The van der Waals surface area contributed by atoms with Gasteiger partial charge in [-0.1, -0.05) is 25.7 Å². The second-order valence-corrected chi connectivity index (χ2v) is 8.38. The topological polar surface area (TPSA) is 71.1 Å². The smallest absolute Gasteiger partial charge is 0.326 e. The van der Waals surface area contributed by atoms with Crippen LogP contribution in [-0.4, -0.2) is 54.7 Å². The average Bonchev–Trinajstić information content (AvgIpc) is 3.18. The first kappa shape index (κ1) is 20.0. The van der Waals surface area contributed by atoms with E-state index in [4.69, 9.17) is 9.47 Å². The molecule has 1 saturated carbocycles. The number of rotatable bonds is 5. The molecule has 29 heavy (non-hydrogen) atoms. The van der Waals surface area contributed by atoms with Gasteiger partial charge in [-0.05, 0) is 43.9 Å². The zero-order valence-corrected chi connectivity index (χ0v) is 17.4. The van der Waals surface area contributed by atoms with Crippen molar-refractivity contribution in [2.45, 2.75) is 62.9 Å². The first-order valence-corrected chi connectivity index (χ1v) is 10.7. The predicted molar refractivity (Wildman–Crippen MR) is 109 cm³/mol. The third-order valence-electron chi connectivity index (χ3n) is 6.69. The lowest BCUT2D eigenvalue weighted by atomic mass is 9.90. The first-order chi connectivity index (χ1) is 14.1. The molecule has 1 spiro atoms. The number of imide groups is 1. The van der Waals surface area contributed by atoms with Gasteiger partial charge in [-0.2, -0.15) is 0 Å². The van der Waals surface area contributed by atoms with Gasteiger partial charge in [-0.25, -0.2) is 9.69 Å². The Kier molecular flexibility index (Phi) is 5.67. The molecule has 4 rings (SSSR count). The van der Waals surface area contributed by atoms with E-state index in [1.165, 1.54) is 4.90 Å². The van der Waals surface area contributed by atoms with E-state index < -0.39 is 5.54 Å². The maximum Gasteiger partial charge on any atom is 0.326 e. The van der Waals surface area contributed by atoms with Crippen LogP contribution < -0.4 is 14.8 Å². The van der Waals surface area contributed by atoms with Crippen molar-refractivity contribution in [3.8, 4) is 11.5 Å². The van der Waals surface area contributed by atoms with Gasteiger partial charge in [0.1, 0.15) is 17.0 Å². The molecular formula is C22H31N3O4. The van der Waals surface area contributed by atoms with Gasteiger partial charge in [0, 0.05) is 18.2 Å². The minimum atomic E-state index is -0.684. The second-order valence-electron chi connectivity index (χ2n) is 8.38. The van der Waals surface area contributed by atoms with Crippen molar-refractivity contribution in [1.29, 1.82) is 0 Å². The van der Waals surface area contributed by atoms with Crippen molar-refractivity contribution < 1.29 is 19.1 Å². The Hall–Kier alpha value is -2.28. The standard InChI is InChI=1S/C22H31N3O4/c1-28-16-9-10-19(29-2)17(14-16)18-8-7-13-24(18)15-25-20(26)22(23-21(25)27)11-5-3-4-6-12-22/h9-10,14,18H,3-8,11-13,15H2,1-2H3,(H,23,27). The zero-order valence-electron chi connectivity index (χ0n) is 17.4. The van der Waals surface area contributed by atoms with Gasteiger partial charge in [0.05, 0.1) is 20.9 Å². The number of hydrogen-bond donors (Lipinski definition) is 1. The van der Waals surface area contributed by atoms with Crippen molar-refractivity contribution in [2.75, 3.05) is 27.4 Å². The number of methoxy groups -OCH3 is 2. The SMILES string of the molecule is COc1ccc(OC)c(C2CCCN2CN2C(=O)NC3(CCCCCC3)C2=O)c1. The van der Waals surface area contributed by atoms with E-state index in [0.29, 0.717) is 6.67 Å². The highest BCUT2D eigenvalue weighted by Gasteiger charge is 2.51. The summed E-state index contributed by atoms with van der Waals surface area (Å²) in [6.45, 7) is 1.16. The molecule has 3 aliphatic rings. The Morgan fingerprint density at radius 1 is 1.07 bits per heavy atom. The number of ether oxygens (including phenoxy) is 2. The summed E-state index contributed by atoms with van der Waals surface area (Å²) >= 11 is 0. The van der Waals surface area contributed by atoms with Crippen LogP contribution in [0.1, 0.15) is 63.0 Å². The molecule has 158 valence electrons. The summed E-state index contributed by atoms with van der Waals surface area (Å²) in [6.07, 6.45) is 7.73. The van der Waals surface area contributed by atoms with Crippen LogP contribution in [-0.2, 0) is 4.79 Å². The molecule has 7 nitrogen and oxygen atoms in total. The van der Waals surface area contributed by atoms with Crippen LogP contribution in [0.25, 0.3) is 0 Å². The van der Waals surface area contributed by atoms with Gasteiger partial charge < -0.3 is 14.8 Å². The maximum absolute atomic E-state index is 13.3. The van der Waals surface area contributed by atoms with Crippen molar-refractivity contribution >= 4 is 11.9 Å². The lowest BCUT2D eigenvalue weighted by Crippen LogP contribution is -2.47. The molecule has 1 atom stereocenters. The molecule has 2 aliphatic heterocycles. The lowest BCUT2D eigenvalue weighted by molar-refractivity contribution is -0.133. The van der Waals surface area contributed by atoms with E-state index in [2.05, 4.69) is 10.2 Å². The van der Waals surface area contributed by atoms with Gasteiger partial charge in [-0.3, -0.25) is 9.69 Å². The number of urea groups is 1. The molecular weight excluding hydrogens is 370 g/mol. The van der Waals surface area contributed by atoms with Crippen LogP contribution >= 0.6 is 0 Å². The van der Waals surface area contributed by atoms with Gasteiger partial charge in [-0.15, -0.1) is 0 Å². The summed E-state index contributed by atoms with van der Waals surface area (Å²) in [4.78, 5) is 29.7. The highest BCUT2D eigenvalue weighted by Crippen LogP contribution is 2.40. The highest BCUT2D eigenvalue weighted by molar-refractivity contribution is 6.07. The largest absolute Gasteiger partial charge is 0.497 e. The van der Waals surface area contributed by atoms with E-state index in [1.54, 1.807) is 14.2 Å². The number of nitrogens with one attached hydrogen (secondary N) is 1. The summed E-state index contributed by atoms with van der Waals surface area (Å²) < 4.78 is 11.0. The van der Waals surface area contributed by atoms with Crippen molar-refractivity contribution in [1.82, 2.24) is 15.1 Å². The third kappa shape index (κ3) is 3.68. The Labute approximate surface area is 172 Å². The van der Waals surface area contributed by atoms with Crippen LogP contribution in [0.4, 0.5) is 4.79 Å². The van der Waals surface area contributed by atoms with E-state index in [0.717, 1.165) is 75.0 Å². The van der Waals surface area contributed by atoms with Crippen LogP contribution in [0.2, 0.25) is 0 Å². The van der Waals surface area contributed by atoms with Crippen molar-refractivity contribution in [3.05, 3.63) is 23.8 Å². The number of amides is 3. The van der Waals surface area contributed by atoms with E-state index in [9.17, 15) is 9.59 Å². The first-order valence-electron chi connectivity index (χ1n) is 10.7. The molecule has 3 amide bonds. The number of nitrogens with zero attached hydrogens (tertiary/aromatic N) is 2. The Balaban J connectivity index is 1.55. The van der Waals surface area contributed by atoms with E-state index in [-0.39, 0.29) is 18.0 Å². The summed E-state index contributed by atoms with van der Waals surface area (Å²) in [7, 11) is 3.31. The van der Waals surface area contributed by atoms with Gasteiger partial charge in [0.15, 0.2) is 0 Å². The number of carbonyl (C=O) groups excluding carboxylic acids is 2. The van der Waals surface area contributed by atoms with Crippen LogP contribution in [0.3, 0.4) is 0 Å². The molecule has 1 N–H and O–H groups in total. The van der Waals surface area contributed by atoms with E-state index >= 15 is 0 Å². The Morgan fingerprint density at radius 2 is 1.83 bits per heavy atom. The molecule has 1 aromatic carbocycles. The highest BCUT2D eigenvalue weighted by atomic mass is 16.5. The van der Waals surface area contributed by atoms with Crippen molar-refractivity contribution in [3.63, 3.8) is 0 Å². The third-order valence-corrected chi connectivity index (χ3v) is 6.69. The molecule has 2 saturated heterocycles. The number of carbonyl (C=O) groups is 2. The van der Waals surface area contributed by atoms with Gasteiger partial charge >= 0.3 is 6.03 Å².